The lowest BCUT2D eigenvalue weighted by molar-refractivity contribution is 0.940. The Morgan fingerprint density at radius 2 is 1.96 bits per heavy atom. The molecule has 0 radical (unpaired) electrons. The number of anilines is 1. The smallest absolute Gasteiger partial charge is 0.313 e. The molecule has 2 heterocycles. The van der Waals surface area contributed by atoms with Gasteiger partial charge < -0.3 is 4.98 Å². The van der Waals surface area contributed by atoms with Crippen LogP contribution in [0.25, 0.3) is 0 Å². The molecule has 1 aromatic carbocycles. The van der Waals surface area contributed by atoms with Gasteiger partial charge in [-0.15, -0.1) is 0 Å². The number of aromatic nitrogens is 4. The molecule has 26 heavy (non-hydrogen) atoms. The molecule has 0 aliphatic carbocycles. The lowest BCUT2D eigenvalue weighted by Crippen LogP contribution is -2.26. The van der Waals surface area contributed by atoms with E-state index in [0.29, 0.717) is 23.8 Å². The van der Waals surface area contributed by atoms with Crippen molar-refractivity contribution in [1.29, 1.82) is 0 Å². The first kappa shape index (κ1) is 17.3. The number of aryl methyl sites for hydroxylation is 1. The molecule has 3 aromatic rings. The SMILES string of the molecule is C/C(=N\Nc1cc(C)nc(Cc2ccccc2)n1)c1c[nH]c(=O)[nH]c1=O. The summed E-state index contributed by atoms with van der Waals surface area (Å²) >= 11 is 0. The standard InChI is InChI=1S/C18H18N6O2/c1-11-8-16(21-15(20-11)9-13-6-4-3-5-7-13)24-23-12(2)14-10-19-18(26)22-17(14)25/h3-8,10H,9H2,1-2H3,(H,20,21,24)(H2,19,22,25,26)/b23-12+. The molecule has 0 saturated carbocycles. The van der Waals surface area contributed by atoms with Crippen LogP contribution in [0.2, 0.25) is 0 Å². The van der Waals surface area contributed by atoms with Crippen molar-refractivity contribution in [3.63, 3.8) is 0 Å². The highest BCUT2D eigenvalue weighted by atomic mass is 16.2. The second kappa shape index (κ2) is 7.56. The van der Waals surface area contributed by atoms with Gasteiger partial charge in [0.2, 0.25) is 0 Å². The Morgan fingerprint density at radius 3 is 2.69 bits per heavy atom. The normalized spacial score (nSPS) is 11.4. The van der Waals surface area contributed by atoms with Crippen LogP contribution >= 0.6 is 0 Å². The summed E-state index contributed by atoms with van der Waals surface area (Å²) in [5.74, 6) is 1.21. The van der Waals surface area contributed by atoms with Gasteiger partial charge in [-0.25, -0.2) is 14.8 Å². The maximum atomic E-state index is 11.8. The fraction of sp³-hybridized carbons (Fsp3) is 0.167. The molecule has 2 aromatic heterocycles. The van der Waals surface area contributed by atoms with Crippen molar-refractivity contribution in [2.75, 3.05) is 5.43 Å². The first-order chi connectivity index (χ1) is 12.5. The van der Waals surface area contributed by atoms with Crippen molar-refractivity contribution in [3.05, 3.63) is 86.1 Å². The molecule has 0 aliphatic heterocycles. The summed E-state index contributed by atoms with van der Waals surface area (Å²) in [6.45, 7) is 3.54. The number of nitrogens with zero attached hydrogens (tertiary/aromatic N) is 3. The van der Waals surface area contributed by atoms with E-state index in [1.807, 2.05) is 37.3 Å². The molecule has 3 N–H and O–H groups in total. The van der Waals surface area contributed by atoms with Crippen molar-refractivity contribution in [2.45, 2.75) is 20.3 Å². The Bertz CT molecular complexity index is 1050. The van der Waals surface area contributed by atoms with Crippen molar-refractivity contribution in [1.82, 2.24) is 19.9 Å². The van der Waals surface area contributed by atoms with E-state index in [9.17, 15) is 9.59 Å². The van der Waals surface area contributed by atoms with E-state index in [0.717, 1.165) is 11.3 Å². The summed E-state index contributed by atoms with van der Waals surface area (Å²) in [6, 6.07) is 11.7. The third-order valence-electron chi connectivity index (χ3n) is 3.65. The minimum absolute atomic E-state index is 0.271. The predicted molar refractivity (Wildman–Crippen MR) is 99.5 cm³/mol. The minimum Gasteiger partial charge on any atom is -0.313 e. The van der Waals surface area contributed by atoms with E-state index in [-0.39, 0.29) is 5.56 Å². The number of hydrogen-bond acceptors (Lipinski definition) is 6. The molecule has 0 atom stereocenters. The Hall–Kier alpha value is -3.55. The van der Waals surface area contributed by atoms with Crippen LogP contribution in [0.1, 0.15) is 29.6 Å². The van der Waals surface area contributed by atoms with Gasteiger partial charge in [-0.3, -0.25) is 15.2 Å². The third-order valence-corrected chi connectivity index (χ3v) is 3.65. The number of benzene rings is 1. The van der Waals surface area contributed by atoms with Crippen molar-refractivity contribution in [2.24, 2.45) is 5.10 Å². The van der Waals surface area contributed by atoms with Gasteiger partial charge in [0.25, 0.3) is 5.56 Å². The van der Waals surface area contributed by atoms with Gasteiger partial charge in [-0.1, -0.05) is 30.3 Å². The molecule has 0 unspecified atom stereocenters. The highest BCUT2D eigenvalue weighted by Gasteiger charge is 2.06. The van der Waals surface area contributed by atoms with E-state index in [1.54, 1.807) is 13.0 Å². The highest BCUT2D eigenvalue weighted by Crippen LogP contribution is 2.11. The molecule has 0 amide bonds. The van der Waals surface area contributed by atoms with Crippen LogP contribution in [-0.4, -0.2) is 25.6 Å². The number of nitrogens with one attached hydrogen (secondary N) is 3. The van der Waals surface area contributed by atoms with Gasteiger partial charge in [0.05, 0.1) is 11.3 Å². The summed E-state index contributed by atoms with van der Waals surface area (Å²) in [5, 5.41) is 4.18. The minimum atomic E-state index is -0.559. The quantitative estimate of drug-likeness (QED) is 0.477. The van der Waals surface area contributed by atoms with E-state index in [4.69, 9.17) is 0 Å². The monoisotopic (exact) mass is 350 g/mol. The van der Waals surface area contributed by atoms with Crippen molar-refractivity contribution < 1.29 is 0 Å². The molecule has 0 aliphatic rings. The molecule has 0 saturated heterocycles. The Kier molecular flexibility index (Phi) is 5.02. The van der Waals surface area contributed by atoms with Crippen LogP contribution in [0, 0.1) is 6.92 Å². The number of H-pyrrole nitrogens is 2. The molecule has 8 nitrogen and oxygen atoms in total. The number of hydrogen-bond donors (Lipinski definition) is 3. The zero-order valence-corrected chi connectivity index (χ0v) is 14.4. The first-order valence-corrected chi connectivity index (χ1v) is 8.02. The second-order valence-corrected chi connectivity index (χ2v) is 5.77. The topological polar surface area (TPSA) is 116 Å². The largest absolute Gasteiger partial charge is 0.325 e. The maximum absolute atomic E-state index is 11.8. The lowest BCUT2D eigenvalue weighted by atomic mass is 10.1. The molecule has 0 spiro atoms. The first-order valence-electron chi connectivity index (χ1n) is 8.02. The second-order valence-electron chi connectivity index (χ2n) is 5.77. The van der Waals surface area contributed by atoms with Gasteiger partial charge in [-0.2, -0.15) is 5.10 Å². The molecule has 132 valence electrons. The van der Waals surface area contributed by atoms with Gasteiger partial charge in [0.15, 0.2) is 0 Å². The molecule has 8 heteroatoms. The molecular weight excluding hydrogens is 332 g/mol. The summed E-state index contributed by atoms with van der Waals surface area (Å²) < 4.78 is 0. The van der Waals surface area contributed by atoms with Gasteiger partial charge in [-0.05, 0) is 19.4 Å². The maximum Gasteiger partial charge on any atom is 0.325 e. The zero-order chi connectivity index (χ0) is 18.5. The highest BCUT2D eigenvalue weighted by molar-refractivity contribution is 5.98. The number of hydrazone groups is 1. The van der Waals surface area contributed by atoms with Gasteiger partial charge in [0.1, 0.15) is 11.6 Å². The van der Waals surface area contributed by atoms with E-state index in [1.165, 1.54) is 6.20 Å². The van der Waals surface area contributed by atoms with Crippen LogP contribution in [0.5, 0.6) is 0 Å². The van der Waals surface area contributed by atoms with Gasteiger partial charge >= 0.3 is 5.69 Å². The fourth-order valence-corrected chi connectivity index (χ4v) is 2.42. The van der Waals surface area contributed by atoms with Crippen molar-refractivity contribution in [3.8, 4) is 0 Å². The summed E-state index contributed by atoms with van der Waals surface area (Å²) in [4.78, 5) is 36.4. The molecule has 0 fully saturated rings. The average Bonchev–Trinajstić information content (AvgIpc) is 2.60. The number of aromatic amines is 2. The Labute approximate surface area is 149 Å². The third kappa shape index (κ3) is 4.29. The van der Waals surface area contributed by atoms with Crippen molar-refractivity contribution >= 4 is 11.5 Å². The summed E-state index contributed by atoms with van der Waals surface area (Å²) in [7, 11) is 0. The van der Waals surface area contributed by atoms with Gasteiger partial charge in [0, 0.05) is 24.4 Å². The van der Waals surface area contributed by atoms with E-state index < -0.39 is 11.2 Å². The summed E-state index contributed by atoms with van der Waals surface area (Å²) in [5.41, 5.74) is 4.40. The van der Waals surface area contributed by atoms with E-state index in [2.05, 4.69) is 30.5 Å². The van der Waals surface area contributed by atoms with Crippen LogP contribution in [0.4, 0.5) is 5.82 Å². The Morgan fingerprint density at radius 1 is 1.19 bits per heavy atom. The Balaban J connectivity index is 1.81. The average molecular weight is 350 g/mol. The summed E-state index contributed by atoms with van der Waals surface area (Å²) in [6.07, 6.45) is 1.94. The molecule has 3 rings (SSSR count). The molecule has 0 bridgehead atoms. The van der Waals surface area contributed by atoms with Crippen LogP contribution in [0.15, 0.2) is 57.3 Å². The molecular formula is C18H18N6O2. The van der Waals surface area contributed by atoms with Crippen LogP contribution in [0.3, 0.4) is 0 Å². The van der Waals surface area contributed by atoms with Crippen LogP contribution < -0.4 is 16.7 Å². The van der Waals surface area contributed by atoms with E-state index >= 15 is 0 Å². The number of rotatable bonds is 5. The predicted octanol–water partition coefficient (Wildman–Crippen LogP) is 1.59. The zero-order valence-electron chi connectivity index (χ0n) is 14.4. The fourth-order valence-electron chi connectivity index (χ4n) is 2.42. The van der Waals surface area contributed by atoms with Crippen LogP contribution in [-0.2, 0) is 6.42 Å². The lowest BCUT2D eigenvalue weighted by Gasteiger charge is -2.06.